The van der Waals surface area contributed by atoms with Gasteiger partial charge in [-0.2, -0.15) is 0 Å². The molecule has 0 N–H and O–H groups in total. The Hall–Kier alpha value is -1.98. The van der Waals surface area contributed by atoms with Gasteiger partial charge in [0.15, 0.2) is 0 Å². The molecule has 19 heavy (non-hydrogen) atoms. The molecule has 102 valence electrons. The number of nitrogens with zero attached hydrogens (tertiary/aromatic N) is 2. The largest absolute Gasteiger partial charge is 0.276 e. The third kappa shape index (κ3) is 2.18. The van der Waals surface area contributed by atoms with E-state index in [2.05, 4.69) is 6.58 Å². The lowest BCUT2D eigenvalue weighted by molar-refractivity contribution is -0.142. The van der Waals surface area contributed by atoms with Crippen LogP contribution in [0.2, 0.25) is 0 Å². The highest BCUT2D eigenvalue weighted by Crippen LogP contribution is 2.25. The van der Waals surface area contributed by atoms with Crippen molar-refractivity contribution in [1.29, 1.82) is 0 Å². The first-order chi connectivity index (χ1) is 8.82. The minimum atomic E-state index is -0.367. The Bertz CT molecular complexity index is 497. The molecule has 6 nitrogen and oxygen atoms in total. The van der Waals surface area contributed by atoms with Gasteiger partial charge < -0.3 is 0 Å². The summed E-state index contributed by atoms with van der Waals surface area (Å²) in [5, 5.41) is 0. The number of likely N-dealkylation sites (tertiary alicyclic amines) is 2. The number of imide groups is 2. The van der Waals surface area contributed by atoms with E-state index >= 15 is 0 Å². The number of hydrogen-bond acceptors (Lipinski definition) is 4. The van der Waals surface area contributed by atoms with E-state index in [9.17, 15) is 19.2 Å². The van der Waals surface area contributed by atoms with E-state index in [-0.39, 0.29) is 60.5 Å². The molecule has 2 atom stereocenters. The van der Waals surface area contributed by atoms with Crippen LogP contribution in [0.15, 0.2) is 12.3 Å². The predicted molar refractivity (Wildman–Crippen MR) is 65.3 cm³/mol. The van der Waals surface area contributed by atoms with Crippen LogP contribution in [-0.4, -0.2) is 40.0 Å². The summed E-state index contributed by atoms with van der Waals surface area (Å²) in [7, 11) is 0. The molecule has 0 spiro atoms. The van der Waals surface area contributed by atoms with Gasteiger partial charge in [-0.15, -0.1) is 0 Å². The monoisotopic (exact) mass is 264 g/mol. The van der Waals surface area contributed by atoms with Gasteiger partial charge in [0.1, 0.15) is 0 Å². The van der Waals surface area contributed by atoms with Crippen molar-refractivity contribution >= 4 is 23.6 Å². The number of carbonyl (C=O) groups excluding carboxylic acids is 4. The molecule has 0 radical (unpaired) electrons. The lowest BCUT2D eigenvalue weighted by atomic mass is 10.1. The second-order valence-electron chi connectivity index (χ2n) is 5.16. The molecule has 0 aromatic carbocycles. The molecule has 2 heterocycles. The van der Waals surface area contributed by atoms with Gasteiger partial charge in [-0.25, -0.2) is 0 Å². The summed E-state index contributed by atoms with van der Waals surface area (Å²) in [6.45, 7) is 6.92. The smallest absolute Gasteiger partial charge is 0.236 e. The van der Waals surface area contributed by atoms with Crippen molar-refractivity contribution in [3.8, 4) is 0 Å². The van der Waals surface area contributed by atoms with Crippen LogP contribution in [0.25, 0.3) is 0 Å². The van der Waals surface area contributed by atoms with Crippen molar-refractivity contribution in [2.24, 2.45) is 11.8 Å². The summed E-state index contributed by atoms with van der Waals surface area (Å²) < 4.78 is 0. The molecule has 2 rings (SSSR count). The third-order valence-electron chi connectivity index (χ3n) is 3.50. The average Bonchev–Trinajstić information content (AvgIpc) is 2.70. The maximum absolute atomic E-state index is 11.8. The molecule has 2 saturated heterocycles. The van der Waals surface area contributed by atoms with Gasteiger partial charge in [0.25, 0.3) is 0 Å². The van der Waals surface area contributed by atoms with E-state index in [1.165, 1.54) is 0 Å². The molecule has 2 fully saturated rings. The minimum Gasteiger partial charge on any atom is -0.276 e. The van der Waals surface area contributed by atoms with Gasteiger partial charge in [0.2, 0.25) is 23.6 Å². The molecule has 2 aliphatic rings. The van der Waals surface area contributed by atoms with Gasteiger partial charge in [0.05, 0.1) is 6.54 Å². The first-order valence-corrected chi connectivity index (χ1v) is 6.21. The molecule has 2 aliphatic heterocycles. The fraction of sp³-hybridized carbons (Fsp3) is 0.538. The summed E-state index contributed by atoms with van der Waals surface area (Å²) in [4.78, 5) is 49.0. The lowest BCUT2D eigenvalue weighted by Crippen LogP contribution is -2.39. The fourth-order valence-electron chi connectivity index (χ4n) is 2.38. The van der Waals surface area contributed by atoms with E-state index in [0.29, 0.717) is 0 Å². The molecule has 2 unspecified atom stereocenters. The van der Waals surface area contributed by atoms with Gasteiger partial charge >= 0.3 is 0 Å². The van der Waals surface area contributed by atoms with Crippen molar-refractivity contribution in [2.45, 2.75) is 26.7 Å². The molecule has 0 saturated carbocycles. The van der Waals surface area contributed by atoms with Crippen LogP contribution < -0.4 is 0 Å². The Morgan fingerprint density at radius 1 is 1.05 bits per heavy atom. The van der Waals surface area contributed by atoms with Gasteiger partial charge in [-0.3, -0.25) is 29.0 Å². The molecule has 6 heteroatoms. The Labute approximate surface area is 111 Å². The third-order valence-corrected chi connectivity index (χ3v) is 3.50. The molecule has 0 aliphatic carbocycles. The standard InChI is InChI=1S/C13H16N2O4/c1-7-4-10(16)14(12(7)18)6-9(3)15-11(17)5-8(2)13(15)19/h7-8H,3-6H2,1-2H3. The Kier molecular flexibility index (Phi) is 3.26. The average molecular weight is 264 g/mol. The van der Waals surface area contributed by atoms with E-state index in [1.807, 2.05) is 0 Å². The molecule has 0 bridgehead atoms. The summed E-state index contributed by atoms with van der Waals surface area (Å²) in [5.74, 6) is -1.92. The first-order valence-electron chi connectivity index (χ1n) is 6.21. The second-order valence-corrected chi connectivity index (χ2v) is 5.16. The zero-order valence-electron chi connectivity index (χ0n) is 11.0. The van der Waals surface area contributed by atoms with E-state index in [4.69, 9.17) is 0 Å². The normalized spacial score (nSPS) is 27.7. The molecule has 4 amide bonds. The fourth-order valence-corrected chi connectivity index (χ4v) is 2.38. The topological polar surface area (TPSA) is 74.8 Å². The number of rotatable bonds is 3. The van der Waals surface area contributed by atoms with Crippen LogP contribution >= 0.6 is 0 Å². The van der Waals surface area contributed by atoms with Crippen LogP contribution in [0.5, 0.6) is 0 Å². The Balaban J connectivity index is 2.10. The SMILES string of the molecule is C=C(CN1C(=O)CC(C)C1=O)N1C(=O)CC(C)C1=O. The zero-order chi connectivity index (χ0) is 14.3. The minimum absolute atomic E-state index is 0.0911. The van der Waals surface area contributed by atoms with Crippen LogP contribution in [0.1, 0.15) is 26.7 Å². The number of hydrogen-bond donors (Lipinski definition) is 0. The van der Waals surface area contributed by atoms with Crippen LogP contribution in [-0.2, 0) is 19.2 Å². The van der Waals surface area contributed by atoms with E-state index in [1.54, 1.807) is 13.8 Å². The highest BCUT2D eigenvalue weighted by Gasteiger charge is 2.40. The van der Waals surface area contributed by atoms with Crippen molar-refractivity contribution in [3.05, 3.63) is 12.3 Å². The van der Waals surface area contributed by atoms with Crippen LogP contribution in [0.3, 0.4) is 0 Å². The molecule has 0 aromatic rings. The molecular weight excluding hydrogens is 248 g/mol. The van der Waals surface area contributed by atoms with E-state index < -0.39 is 0 Å². The van der Waals surface area contributed by atoms with Gasteiger partial charge in [-0.1, -0.05) is 20.4 Å². The van der Waals surface area contributed by atoms with E-state index in [0.717, 1.165) is 9.80 Å². The van der Waals surface area contributed by atoms with Crippen LogP contribution in [0, 0.1) is 11.8 Å². The summed E-state index contributed by atoms with van der Waals surface area (Å²) in [6.07, 6.45) is 0.320. The second kappa shape index (κ2) is 4.60. The maximum Gasteiger partial charge on any atom is 0.236 e. The van der Waals surface area contributed by atoms with Gasteiger partial charge in [0, 0.05) is 30.4 Å². The Morgan fingerprint density at radius 3 is 2.00 bits per heavy atom. The number of amides is 4. The Morgan fingerprint density at radius 2 is 1.58 bits per heavy atom. The summed E-state index contributed by atoms with van der Waals surface area (Å²) >= 11 is 0. The van der Waals surface area contributed by atoms with Crippen LogP contribution in [0.4, 0.5) is 0 Å². The highest BCUT2D eigenvalue weighted by atomic mass is 16.2. The summed E-state index contributed by atoms with van der Waals surface area (Å²) in [5.41, 5.74) is 0.190. The number of carbonyl (C=O) groups is 4. The predicted octanol–water partition coefficient (Wildman–Crippen LogP) is 0.290. The zero-order valence-corrected chi connectivity index (χ0v) is 11.0. The lowest BCUT2D eigenvalue weighted by Gasteiger charge is -2.21. The molecular formula is C13H16N2O4. The van der Waals surface area contributed by atoms with Crippen molar-refractivity contribution < 1.29 is 19.2 Å². The van der Waals surface area contributed by atoms with Crippen molar-refractivity contribution in [2.75, 3.05) is 6.54 Å². The highest BCUT2D eigenvalue weighted by molar-refractivity contribution is 6.06. The molecule has 0 aromatic heterocycles. The quantitative estimate of drug-likeness (QED) is 0.687. The maximum atomic E-state index is 11.8. The van der Waals surface area contributed by atoms with Gasteiger partial charge in [-0.05, 0) is 0 Å². The summed E-state index contributed by atoms with van der Waals surface area (Å²) in [6, 6.07) is 0. The van der Waals surface area contributed by atoms with Crippen molar-refractivity contribution in [3.63, 3.8) is 0 Å². The first kappa shape index (κ1) is 13.5. The van der Waals surface area contributed by atoms with Crippen molar-refractivity contribution in [1.82, 2.24) is 9.80 Å².